The highest BCUT2D eigenvalue weighted by molar-refractivity contribution is 5.94. The summed E-state index contributed by atoms with van der Waals surface area (Å²) >= 11 is 0. The lowest BCUT2D eigenvalue weighted by Gasteiger charge is -2.35. The van der Waals surface area contributed by atoms with Gasteiger partial charge in [-0.3, -0.25) is 14.7 Å². The number of pyridine rings is 1. The van der Waals surface area contributed by atoms with Crippen LogP contribution in [0.4, 0.5) is 0 Å². The van der Waals surface area contributed by atoms with Gasteiger partial charge in [0, 0.05) is 6.20 Å². The Hall–Kier alpha value is -1.22. The zero-order valence-corrected chi connectivity index (χ0v) is 11.9. The Morgan fingerprint density at radius 1 is 1.37 bits per heavy atom. The molecule has 3 heteroatoms. The molecule has 3 rings (SSSR count). The number of rotatable bonds is 3. The van der Waals surface area contributed by atoms with Gasteiger partial charge in [-0.1, -0.05) is 6.07 Å². The molecule has 1 atom stereocenters. The summed E-state index contributed by atoms with van der Waals surface area (Å²) in [7, 11) is 0. The highest BCUT2D eigenvalue weighted by atomic mass is 16.1. The first-order chi connectivity index (χ1) is 9.10. The van der Waals surface area contributed by atoms with Crippen molar-refractivity contribution in [1.82, 2.24) is 9.88 Å². The maximum Gasteiger partial charge on any atom is 0.161 e. The van der Waals surface area contributed by atoms with Crippen LogP contribution in [0.3, 0.4) is 0 Å². The molecule has 0 N–H and O–H groups in total. The van der Waals surface area contributed by atoms with Crippen LogP contribution in [0.2, 0.25) is 0 Å². The molecule has 0 aromatic carbocycles. The van der Waals surface area contributed by atoms with Crippen molar-refractivity contribution in [1.29, 1.82) is 0 Å². The minimum atomic E-state index is -0.347. The van der Waals surface area contributed by atoms with Crippen molar-refractivity contribution in [2.24, 2.45) is 0 Å². The number of hydrogen-bond donors (Lipinski definition) is 0. The van der Waals surface area contributed by atoms with E-state index in [0.717, 1.165) is 31.6 Å². The first-order valence-corrected chi connectivity index (χ1v) is 7.34. The molecular formula is C16H22N2O. The predicted octanol–water partition coefficient (Wildman–Crippen LogP) is 2.55. The molecule has 2 heterocycles. The van der Waals surface area contributed by atoms with Gasteiger partial charge in [0.15, 0.2) is 5.78 Å². The highest BCUT2D eigenvalue weighted by Gasteiger charge is 2.42. The number of nitrogens with zero attached hydrogens (tertiary/aromatic N) is 2. The van der Waals surface area contributed by atoms with Gasteiger partial charge in [-0.2, -0.15) is 0 Å². The van der Waals surface area contributed by atoms with Crippen LogP contribution in [0.1, 0.15) is 50.3 Å². The Labute approximate surface area is 115 Å². The van der Waals surface area contributed by atoms with Crippen LogP contribution in [0.25, 0.3) is 0 Å². The van der Waals surface area contributed by atoms with Crippen LogP contribution in [0, 0.1) is 0 Å². The van der Waals surface area contributed by atoms with Crippen molar-refractivity contribution in [2.75, 3.05) is 13.1 Å². The lowest BCUT2D eigenvalue weighted by molar-refractivity contribution is -0.130. The minimum absolute atomic E-state index is 0.00630. The summed E-state index contributed by atoms with van der Waals surface area (Å²) in [6.07, 6.45) is 6.18. The molecule has 19 heavy (non-hydrogen) atoms. The highest BCUT2D eigenvalue weighted by Crippen LogP contribution is 2.36. The van der Waals surface area contributed by atoms with E-state index in [1.807, 2.05) is 12.3 Å². The van der Waals surface area contributed by atoms with Gasteiger partial charge in [-0.25, -0.2) is 0 Å². The van der Waals surface area contributed by atoms with Crippen molar-refractivity contribution in [3.63, 3.8) is 0 Å². The van der Waals surface area contributed by atoms with E-state index in [9.17, 15) is 4.79 Å². The Balaban J connectivity index is 1.85. The predicted molar refractivity (Wildman–Crippen MR) is 75.2 cm³/mol. The summed E-state index contributed by atoms with van der Waals surface area (Å²) in [5, 5.41) is 0. The van der Waals surface area contributed by atoms with Crippen molar-refractivity contribution in [3.05, 3.63) is 29.6 Å². The monoisotopic (exact) mass is 258 g/mol. The van der Waals surface area contributed by atoms with E-state index in [4.69, 9.17) is 0 Å². The Bertz CT molecular complexity index is 489. The van der Waals surface area contributed by atoms with Gasteiger partial charge in [-0.05, 0) is 64.3 Å². The number of carbonyl (C=O) groups is 1. The number of carbonyl (C=O) groups excluding carboxylic acids is 1. The second kappa shape index (κ2) is 4.71. The molecule has 0 saturated carbocycles. The molecular weight excluding hydrogens is 236 g/mol. The van der Waals surface area contributed by atoms with Crippen LogP contribution < -0.4 is 0 Å². The van der Waals surface area contributed by atoms with Crippen LogP contribution in [-0.4, -0.2) is 34.3 Å². The fraction of sp³-hybridized carbons (Fsp3) is 0.625. The molecule has 1 aliphatic heterocycles. The van der Waals surface area contributed by atoms with Gasteiger partial charge in [0.05, 0.1) is 17.2 Å². The van der Waals surface area contributed by atoms with Crippen molar-refractivity contribution in [2.45, 2.75) is 51.0 Å². The first kappa shape index (κ1) is 12.8. The van der Waals surface area contributed by atoms with Gasteiger partial charge < -0.3 is 0 Å². The Morgan fingerprint density at radius 3 is 2.84 bits per heavy atom. The second-order valence-corrected chi connectivity index (χ2v) is 6.26. The average Bonchev–Trinajstić information content (AvgIpc) is 3.07. The molecule has 102 valence electrons. The maximum absolute atomic E-state index is 12.9. The second-order valence-electron chi connectivity index (χ2n) is 6.26. The smallest absolute Gasteiger partial charge is 0.161 e. The normalized spacial score (nSPS) is 23.6. The van der Waals surface area contributed by atoms with E-state index in [0.29, 0.717) is 5.78 Å². The number of fused-ring (bicyclic) bond motifs is 1. The fourth-order valence-corrected chi connectivity index (χ4v) is 3.53. The van der Waals surface area contributed by atoms with Gasteiger partial charge in [0.25, 0.3) is 0 Å². The van der Waals surface area contributed by atoms with E-state index in [1.165, 1.54) is 18.4 Å². The van der Waals surface area contributed by atoms with Crippen molar-refractivity contribution in [3.8, 4) is 0 Å². The molecule has 0 amide bonds. The molecule has 1 aliphatic carbocycles. The van der Waals surface area contributed by atoms with E-state index < -0.39 is 0 Å². The summed E-state index contributed by atoms with van der Waals surface area (Å²) < 4.78 is 0. The van der Waals surface area contributed by atoms with Gasteiger partial charge in [-0.15, -0.1) is 0 Å². The topological polar surface area (TPSA) is 33.2 Å². The number of aryl methyl sites for hydroxylation is 1. The third-order valence-corrected chi connectivity index (χ3v) is 4.77. The van der Waals surface area contributed by atoms with Crippen LogP contribution >= 0.6 is 0 Å². The summed E-state index contributed by atoms with van der Waals surface area (Å²) in [4.78, 5) is 19.7. The third kappa shape index (κ3) is 2.10. The standard InChI is InChI=1S/C16H22N2O/c1-16(2,18-10-3-4-11-18)15(19)13-8-7-12-6-5-9-17-14(12)13/h5-6,9,13H,3-4,7-8,10-11H2,1-2H3. The SMILES string of the molecule is CC(C)(C(=O)C1CCc2cccnc21)N1CCCC1. The molecule has 0 radical (unpaired) electrons. The zero-order valence-electron chi connectivity index (χ0n) is 11.9. The molecule has 1 aromatic heterocycles. The van der Waals surface area contributed by atoms with Crippen LogP contribution in [0.15, 0.2) is 18.3 Å². The number of ketones is 1. The number of Topliss-reactive ketones (excluding diaryl/α,β-unsaturated/α-hetero) is 1. The first-order valence-electron chi connectivity index (χ1n) is 7.34. The molecule has 3 nitrogen and oxygen atoms in total. The van der Waals surface area contributed by atoms with E-state index in [2.05, 4.69) is 29.8 Å². The molecule has 0 bridgehead atoms. The van der Waals surface area contributed by atoms with Gasteiger partial charge in [0.2, 0.25) is 0 Å². The molecule has 1 unspecified atom stereocenters. The van der Waals surface area contributed by atoms with Crippen LogP contribution in [-0.2, 0) is 11.2 Å². The molecule has 0 spiro atoms. The van der Waals surface area contributed by atoms with Crippen molar-refractivity contribution >= 4 is 5.78 Å². The largest absolute Gasteiger partial charge is 0.297 e. The number of aromatic nitrogens is 1. The molecule has 1 aromatic rings. The molecule has 1 saturated heterocycles. The number of hydrogen-bond acceptors (Lipinski definition) is 3. The van der Waals surface area contributed by atoms with Gasteiger partial charge >= 0.3 is 0 Å². The third-order valence-electron chi connectivity index (χ3n) is 4.77. The van der Waals surface area contributed by atoms with E-state index in [1.54, 1.807) is 0 Å². The quantitative estimate of drug-likeness (QED) is 0.835. The summed E-state index contributed by atoms with van der Waals surface area (Å²) in [6, 6.07) is 4.08. The lowest BCUT2D eigenvalue weighted by Crippen LogP contribution is -2.50. The lowest BCUT2D eigenvalue weighted by atomic mass is 9.86. The average molecular weight is 258 g/mol. The number of likely N-dealkylation sites (tertiary alicyclic amines) is 1. The fourth-order valence-electron chi connectivity index (χ4n) is 3.53. The van der Waals surface area contributed by atoms with Gasteiger partial charge in [0.1, 0.15) is 0 Å². The summed E-state index contributed by atoms with van der Waals surface area (Å²) in [5.74, 6) is 0.360. The minimum Gasteiger partial charge on any atom is -0.297 e. The summed E-state index contributed by atoms with van der Waals surface area (Å²) in [6.45, 7) is 6.28. The van der Waals surface area contributed by atoms with E-state index >= 15 is 0 Å². The maximum atomic E-state index is 12.9. The van der Waals surface area contributed by atoms with Crippen molar-refractivity contribution < 1.29 is 4.79 Å². The molecule has 1 fully saturated rings. The Morgan fingerprint density at radius 2 is 2.11 bits per heavy atom. The Kier molecular flexibility index (Phi) is 3.17. The van der Waals surface area contributed by atoms with E-state index in [-0.39, 0.29) is 11.5 Å². The van der Waals surface area contributed by atoms with Crippen LogP contribution in [0.5, 0.6) is 0 Å². The zero-order chi connectivity index (χ0) is 13.5. The summed E-state index contributed by atoms with van der Waals surface area (Å²) in [5.41, 5.74) is 1.94. The molecule has 2 aliphatic rings.